The number of ether oxygens (including phenoxy) is 1. The van der Waals surface area contributed by atoms with Gasteiger partial charge in [0.1, 0.15) is 5.60 Å². The van der Waals surface area contributed by atoms with Crippen molar-refractivity contribution in [2.24, 2.45) is 5.73 Å². The molecular weight excluding hydrogens is 338 g/mol. The van der Waals surface area contributed by atoms with Crippen molar-refractivity contribution in [3.8, 4) is 0 Å². The van der Waals surface area contributed by atoms with Gasteiger partial charge in [-0.2, -0.15) is 0 Å². The number of rotatable bonds is 4. The number of carbonyl (C=O) groups excluding carboxylic acids is 1. The van der Waals surface area contributed by atoms with Crippen molar-refractivity contribution in [1.29, 1.82) is 0 Å². The SMILES string of the molecule is CC(N)Cc1cc(Cl)ccc1N1CCCC(NC(=O)OC(C)(C)C)C1. The van der Waals surface area contributed by atoms with E-state index in [1.54, 1.807) is 0 Å². The third-order valence-electron chi connectivity index (χ3n) is 4.07. The summed E-state index contributed by atoms with van der Waals surface area (Å²) >= 11 is 6.17. The number of halogens is 1. The first-order valence-electron chi connectivity index (χ1n) is 8.92. The van der Waals surface area contributed by atoms with Crippen LogP contribution in [0.5, 0.6) is 0 Å². The van der Waals surface area contributed by atoms with Gasteiger partial charge in [-0.3, -0.25) is 0 Å². The lowest BCUT2D eigenvalue weighted by molar-refractivity contribution is 0.0500. The third kappa shape index (κ3) is 6.40. The number of nitrogens with two attached hydrogens (primary N) is 1. The molecule has 1 fully saturated rings. The average Bonchev–Trinajstić information content (AvgIpc) is 2.44. The second kappa shape index (κ2) is 8.28. The van der Waals surface area contributed by atoms with E-state index in [-0.39, 0.29) is 18.2 Å². The first-order chi connectivity index (χ1) is 11.6. The predicted octanol–water partition coefficient (Wildman–Crippen LogP) is 3.72. The highest BCUT2D eigenvalue weighted by Gasteiger charge is 2.25. The maximum Gasteiger partial charge on any atom is 0.407 e. The molecule has 0 saturated carbocycles. The van der Waals surface area contributed by atoms with Crippen molar-refractivity contribution in [3.63, 3.8) is 0 Å². The molecule has 0 radical (unpaired) electrons. The van der Waals surface area contributed by atoms with Gasteiger partial charge in [0, 0.05) is 35.9 Å². The largest absolute Gasteiger partial charge is 0.444 e. The van der Waals surface area contributed by atoms with Gasteiger partial charge in [-0.15, -0.1) is 0 Å². The number of nitrogens with one attached hydrogen (secondary N) is 1. The summed E-state index contributed by atoms with van der Waals surface area (Å²) in [5.74, 6) is 0. The van der Waals surface area contributed by atoms with E-state index in [2.05, 4.69) is 16.3 Å². The van der Waals surface area contributed by atoms with Gasteiger partial charge in [-0.05, 0) is 70.7 Å². The molecule has 1 aromatic rings. The molecule has 1 aliphatic heterocycles. The lowest BCUT2D eigenvalue weighted by Gasteiger charge is -2.36. The van der Waals surface area contributed by atoms with Crippen LogP contribution >= 0.6 is 11.6 Å². The highest BCUT2D eigenvalue weighted by molar-refractivity contribution is 6.30. The molecule has 1 aromatic carbocycles. The van der Waals surface area contributed by atoms with Crippen LogP contribution in [0, 0.1) is 0 Å². The van der Waals surface area contributed by atoms with Gasteiger partial charge in [0.25, 0.3) is 0 Å². The Hall–Kier alpha value is -1.46. The van der Waals surface area contributed by atoms with Crippen molar-refractivity contribution in [2.45, 2.75) is 64.6 Å². The third-order valence-corrected chi connectivity index (χ3v) is 4.30. The number of alkyl carbamates (subject to hydrolysis) is 1. The number of benzene rings is 1. The summed E-state index contributed by atoms with van der Waals surface area (Å²) in [6, 6.07) is 6.09. The van der Waals surface area contributed by atoms with Crippen LogP contribution in [-0.2, 0) is 11.2 Å². The molecular formula is C19H30ClN3O2. The summed E-state index contributed by atoms with van der Waals surface area (Å²) in [6.07, 6.45) is 2.38. The molecule has 0 spiro atoms. The predicted molar refractivity (Wildman–Crippen MR) is 103 cm³/mol. The molecule has 0 aliphatic carbocycles. The zero-order valence-electron chi connectivity index (χ0n) is 15.6. The molecule has 25 heavy (non-hydrogen) atoms. The Labute approximate surface area is 155 Å². The van der Waals surface area contributed by atoms with E-state index in [1.165, 1.54) is 0 Å². The van der Waals surface area contributed by atoms with Crippen molar-refractivity contribution >= 4 is 23.4 Å². The van der Waals surface area contributed by atoms with Crippen LogP contribution in [0.25, 0.3) is 0 Å². The Balaban J connectivity index is 2.07. The van der Waals surface area contributed by atoms with E-state index in [4.69, 9.17) is 22.1 Å². The molecule has 140 valence electrons. The number of piperidine rings is 1. The lowest BCUT2D eigenvalue weighted by Crippen LogP contribution is -2.49. The summed E-state index contributed by atoms with van der Waals surface area (Å²) < 4.78 is 5.37. The molecule has 1 aliphatic rings. The fraction of sp³-hybridized carbons (Fsp3) is 0.632. The van der Waals surface area contributed by atoms with E-state index in [1.807, 2.05) is 39.8 Å². The number of carbonyl (C=O) groups is 1. The minimum absolute atomic E-state index is 0.0673. The molecule has 3 N–H and O–H groups in total. The Kier molecular flexibility index (Phi) is 6.58. The van der Waals surface area contributed by atoms with E-state index in [0.29, 0.717) is 0 Å². The summed E-state index contributed by atoms with van der Waals surface area (Å²) in [4.78, 5) is 14.3. The van der Waals surface area contributed by atoms with Gasteiger partial charge in [0.2, 0.25) is 0 Å². The highest BCUT2D eigenvalue weighted by atomic mass is 35.5. The smallest absolute Gasteiger partial charge is 0.407 e. The van der Waals surface area contributed by atoms with Crippen molar-refractivity contribution in [2.75, 3.05) is 18.0 Å². The first kappa shape index (κ1) is 19.9. The molecule has 1 amide bonds. The standard InChI is InChI=1S/C19H30ClN3O2/c1-13(21)10-14-11-15(20)7-8-17(14)23-9-5-6-16(12-23)22-18(24)25-19(2,3)4/h7-8,11,13,16H,5-6,9-10,12,21H2,1-4H3,(H,22,24). The van der Waals surface area contributed by atoms with Gasteiger partial charge in [-0.1, -0.05) is 11.6 Å². The van der Waals surface area contributed by atoms with Crippen LogP contribution in [0.15, 0.2) is 18.2 Å². The van der Waals surface area contributed by atoms with Crippen LogP contribution in [0.3, 0.4) is 0 Å². The Morgan fingerprint density at radius 2 is 2.20 bits per heavy atom. The zero-order chi connectivity index (χ0) is 18.6. The van der Waals surface area contributed by atoms with Gasteiger partial charge >= 0.3 is 6.09 Å². The van der Waals surface area contributed by atoms with E-state index >= 15 is 0 Å². The molecule has 1 heterocycles. The minimum Gasteiger partial charge on any atom is -0.444 e. The van der Waals surface area contributed by atoms with E-state index < -0.39 is 5.60 Å². The van der Waals surface area contributed by atoms with Gasteiger partial charge in [-0.25, -0.2) is 4.79 Å². The van der Waals surface area contributed by atoms with Crippen molar-refractivity contribution in [1.82, 2.24) is 5.32 Å². The Morgan fingerprint density at radius 1 is 1.48 bits per heavy atom. The summed E-state index contributed by atoms with van der Waals surface area (Å²) in [5.41, 5.74) is 7.81. The maximum atomic E-state index is 12.0. The molecule has 0 aromatic heterocycles. The fourth-order valence-electron chi connectivity index (χ4n) is 3.16. The number of hydrogen-bond acceptors (Lipinski definition) is 4. The lowest BCUT2D eigenvalue weighted by atomic mass is 10.0. The molecule has 6 heteroatoms. The van der Waals surface area contributed by atoms with Crippen molar-refractivity contribution in [3.05, 3.63) is 28.8 Å². The minimum atomic E-state index is -0.487. The molecule has 0 bridgehead atoms. The van der Waals surface area contributed by atoms with Crippen molar-refractivity contribution < 1.29 is 9.53 Å². The van der Waals surface area contributed by atoms with Crippen LogP contribution < -0.4 is 16.0 Å². The number of nitrogens with zero attached hydrogens (tertiary/aromatic N) is 1. The molecule has 5 nitrogen and oxygen atoms in total. The van der Waals surface area contributed by atoms with Crippen LogP contribution in [0.4, 0.5) is 10.5 Å². The highest BCUT2D eigenvalue weighted by Crippen LogP contribution is 2.28. The second-order valence-corrected chi connectivity index (χ2v) is 8.32. The average molecular weight is 368 g/mol. The zero-order valence-corrected chi connectivity index (χ0v) is 16.4. The Morgan fingerprint density at radius 3 is 2.84 bits per heavy atom. The van der Waals surface area contributed by atoms with Crippen LogP contribution in [-0.4, -0.2) is 36.9 Å². The van der Waals surface area contributed by atoms with Gasteiger partial charge in [0.05, 0.1) is 0 Å². The number of amides is 1. The van der Waals surface area contributed by atoms with Gasteiger partial charge < -0.3 is 20.7 Å². The molecule has 2 rings (SSSR count). The van der Waals surface area contributed by atoms with Crippen LogP contribution in [0.2, 0.25) is 5.02 Å². The quantitative estimate of drug-likeness (QED) is 0.850. The summed E-state index contributed by atoms with van der Waals surface area (Å²) in [5, 5.41) is 3.72. The Bertz CT molecular complexity index is 599. The first-order valence-corrected chi connectivity index (χ1v) is 9.30. The monoisotopic (exact) mass is 367 g/mol. The normalized spacial score (nSPS) is 19.4. The summed E-state index contributed by atoms with van der Waals surface area (Å²) in [6.45, 7) is 9.32. The number of hydrogen-bond donors (Lipinski definition) is 2. The molecule has 2 unspecified atom stereocenters. The number of anilines is 1. The maximum absolute atomic E-state index is 12.0. The van der Waals surface area contributed by atoms with Crippen LogP contribution in [0.1, 0.15) is 46.1 Å². The summed E-state index contributed by atoms with van der Waals surface area (Å²) in [7, 11) is 0. The topological polar surface area (TPSA) is 67.6 Å². The van der Waals surface area contributed by atoms with Gasteiger partial charge in [0.15, 0.2) is 0 Å². The second-order valence-electron chi connectivity index (χ2n) is 7.89. The van der Waals surface area contributed by atoms with E-state index in [9.17, 15) is 4.79 Å². The fourth-order valence-corrected chi connectivity index (χ4v) is 3.36. The van der Waals surface area contributed by atoms with E-state index in [0.717, 1.165) is 48.6 Å². The molecule has 1 saturated heterocycles. The molecule has 2 atom stereocenters.